The summed E-state index contributed by atoms with van der Waals surface area (Å²) in [5, 5.41) is 0.852. The number of carbonyl (C=O) groups is 1. The third kappa shape index (κ3) is 2.19. The Balaban J connectivity index is 1.92. The van der Waals surface area contributed by atoms with Gasteiger partial charge in [0.1, 0.15) is 5.75 Å². The highest BCUT2D eigenvalue weighted by Gasteiger charge is 2.84. The molecule has 2 nitrogen and oxygen atoms in total. The van der Waals surface area contributed by atoms with E-state index in [1.54, 1.807) is 18.2 Å². The molecule has 0 N–H and O–H groups in total. The van der Waals surface area contributed by atoms with Gasteiger partial charge in [0.25, 0.3) is 0 Å². The van der Waals surface area contributed by atoms with E-state index < -0.39 is 5.41 Å². The van der Waals surface area contributed by atoms with E-state index >= 15 is 0 Å². The van der Waals surface area contributed by atoms with Crippen molar-refractivity contribution in [2.45, 2.75) is 35.3 Å². The zero-order valence-corrected chi connectivity index (χ0v) is 18.8. The van der Waals surface area contributed by atoms with Crippen LogP contribution >= 0.6 is 71.0 Å². The average Bonchev–Trinajstić information content (AvgIpc) is 2.91. The first kappa shape index (κ1) is 18.5. The molecule has 23 heavy (non-hydrogen) atoms. The van der Waals surface area contributed by atoms with Crippen LogP contribution in [0.4, 0.5) is 0 Å². The lowest BCUT2D eigenvalue weighted by Gasteiger charge is -2.65. The normalized spacial score (nSPS) is 34.3. The molecule has 0 saturated heterocycles. The molecule has 0 spiro atoms. The lowest BCUT2D eigenvalue weighted by atomic mass is 9.43. The summed E-state index contributed by atoms with van der Waals surface area (Å²) in [6, 6.07) is 4.87. The first-order valence-corrected chi connectivity index (χ1v) is 10.7. The lowest BCUT2D eigenvalue weighted by molar-refractivity contribution is -0.176. The summed E-state index contributed by atoms with van der Waals surface area (Å²) in [5.74, 6) is 0.118. The van der Waals surface area contributed by atoms with Crippen molar-refractivity contribution in [2.75, 3.05) is 0 Å². The first-order chi connectivity index (χ1) is 10.6. The molecule has 4 rings (SSSR count). The van der Waals surface area contributed by atoms with Crippen molar-refractivity contribution >= 4 is 77.0 Å². The van der Waals surface area contributed by atoms with Crippen LogP contribution in [0.1, 0.15) is 26.7 Å². The van der Waals surface area contributed by atoms with E-state index in [1.165, 1.54) is 0 Å². The summed E-state index contributed by atoms with van der Waals surface area (Å²) in [6.45, 7) is 4.27. The molecular formula is C16H15Br3Cl2O2. The number of halogens is 5. The molecule has 0 radical (unpaired) electrons. The van der Waals surface area contributed by atoms with Gasteiger partial charge in [0.15, 0.2) is 0 Å². The molecule has 1 aromatic rings. The van der Waals surface area contributed by atoms with Crippen LogP contribution in [0.2, 0.25) is 10.0 Å². The summed E-state index contributed by atoms with van der Waals surface area (Å²) in [4.78, 5) is 13.1. The van der Waals surface area contributed by atoms with E-state index in [2.05, 4.69) is 61.6 Å². The average molecular weight is 550 g/mol. The van der Waals surface area contributed by atoms with Gasteiger partial charge in [-0.15, -0.1) is 0 Å². The number of hydrogen-bond acceptors (Lipinski definition) is 2. The fourth-order valence-corrected chi connectivity index (χ4v) is 9.74. The molecule has 0 heterocycles. The molecule has 3 fully saturated rings. The number of ether oxygens (including phenoxy) is 1. The van der Waals surface area contributed by atoms with Crippen molar-refractivity contribution in [1.82, 2.24) is 0 Å². The van der Waals surface area contributed by atoms with Gasteiger partial charge in [0.2, 0.25) is 0 Å². The molecule has 1 aromatic carbocycles. The molecule has 0 aliphatic heterocycles. The van der Waals surface area contributed by atoms with Crippen LogP contribution < -0.4 is 4.74 Å². The zero-order chi connectivity index (χ0) is 17.2. The molecule has 3 unspecified atom stereocenters. The monoisotopic (exact) mass is 546 g/mol. The van der Waals surface area contributed by atoms with Crippen molar-refractivity contribution < 1.29 is 9.53 Å². The largest absolute Gasteiger partial charge is 0.424 e. The van der Waals surface area contributed by atoms with Gasteiger partial charge >= 0.3 is 5.97 Å². The molecular weight excluding hydrogens is 535 g/mol. The van der Waals surface area contributed by atoms with Crippen LogP contribution in [0.25, 0.3) is 0 Å². The van der Waals surface area contributed by atoms with Crippen molar-refractivity contribution in [3.8, 4) is 5.75 Å². The first-order valence-electron chi connectivity index (χ1n) is 7.21. The van der Waals surface area contributed by atoms with Crippen molar-refractivity contribution in [3.05, 3.63) is 28.2 Å². The number of carbonyl (C=O) groups excluding carboxylic acids is 1. The summed E-state index contributed by atoms with van der Waals surface area (Å²) in [7, 11) is 0. The predicted molar refractivity (Wildman–Crippen MR) is 104 cm³/mol. The van der Waals surface area contributed by atoms with Crippen molar-refractivity contribution in [1.29, 1.82) is 0 Å². The van der Waals surface area contributed by atoms with E-state index in [4.69, 9.17) is 27.9 Å². The van der Waals surface area contributed by atoms with Gasteiger partial charge in [-0.1, -0.05) is 84.8 Å². The second-order valence-corrected chi connectivity index (χ2v) is 11.6. The van der Waals surface area contributed by atoms with E-state index in [0.29, 0.717) is 15.8 Å². The number of fused-ring (bicyclic) bond motifs is 1. The van der Waals surface area contributed by atoms with Gasteiger partial charge in [-0.05, 0) is 36.5 Å². The Kier molecular flexibility index (Phi) is 4.72. The van der Waals surface area contributed by atoms with Crippen molar-refractivity contribution in [3.63, 3.8) is 0 Å². The lowest BCUT2D eigenvalue weighted by Crippen LogP contribution is -2.71. The maximum atomic E-state index is 13.0. The molecule has 3 atom stereocenters. The smallest absolute Gasteiger partial charge is 0.319 e. The van der Waals surface area contributed by atoms with Crippen molar-refractivity contribution in [2.24, 2.45) is 16.2 Å². The fourth-order valence-electron chi connectivity index (χ4n) is 4.40. The van der Waals surface area contributed by atoms with Gasteiger partial charge in [-0.2, -0.15) is 0 Å². The molecule has 126 valence electrons. The number of alkyl halides is 3. The summed E-state index contributed by atoms with van der Waals surface area (Å²) in [5.41, 5.74) is -0.798. The van der Waals surface area contributed by atoms with Crippen LogP contribution in [-0.4, -0.2) is 14.5 Å². The van der Waals surface area contributed by atoms with Crippen LogP contribution in [0.15, 0.2) is 18.2 Å². The Bertz CT molecular complexity index is 679. The van der Waals surface area contributed by atoms with Crippen LogP contribution in [0.3, 0.4) is 0 Å². The van der Waals surface area contributed by atoms with E-state index in [-0.39, 0.29) is 25.4 Å². The van der Waals surface area contributed by atoms with Gasteiger partial charge < -0.3 is 4.74 Å². The summed E-state index contributed by atoms with van der Waals surface area (Å²) >= 11 is 23.1. The SMILES string of the molecule is CC1(C)C2(C(=O)Oc3ccc(Cl)cc3Cl)CCC1(C(Br)Br)C2Br. The second-order valence-electron chi connectivity index (χ2n) is 6.76. The highest BCUT2D eigenvalue weighted by Crippen LogP contribution is 2.82. The summed E-state index contributed by atoms with van der Waals surface area (Å²) < 4.78 is 5.79. The maximum Gasteiger partial charge on any atom is 0.319 e. The van der Waals surface area contributed by atoms with Gasteiger partial charge in [-0.25, -0.2) is 0 Å². The minimum atomic E-state index is -0.560. The van der Waals surface area contributed by atoms with Crippen LogP contribution in [0.5, 0.6) is 5.75 Å². The zero-order valence-electron chi connectivity index (χ0n) is 12.5. The Morgan fingerprint density at radius 2 is 1.96 bits per heavy atom. The van der Waals surface area contributed by atoms with E-state index in [0.717, 1.165) is 12.8 Å². The third-order valence-electron chi connectivity index (χ3n) is 5.95. The Morgan fingerprint density at radius 3 is 2.43 bits per heavy atom. The molecule has 0 aromatic heterocycles. The van der Waals surface area contributed by atoms with E-state index in [1.807, 2.05) is 0 Å². The van der Waals surface area contributed by atoms with Gasteiger partial charge in [0.05, 0.1) is 14.2 Å². The fraction of sp³-hybridized carbons (Fsp3) is 0.562. The molecule has 3 aliphatic carbocycles. The van der Waals surface area contributed by atoms with Gasteiger partial charge in [-0.3, -0.25) is 4.79 Å². The number of hydrogen-bond donors (Lipinski definition) is 0. The predicted octanol–water partition coefficient (Wildman–Crippen LogP) is 6.58. The Labute approximate surface area is 171 Å². The highest BCUT2D eigenvalue weighted by molar-refractivity contribution is 9.24. The second kappa shape index (κ2) is 5.87. The molecule has 7 heteroatoms. The van der Waals surface area contributed by atoms with Crippen LogP contribution in [-0.2, 0) is 4.79 Å². The Morgan fingerprint density at radius 1 is 1.30 bits per heavy atom. The maximum absolute atomic E-state index is 13.0. The summed E-state index contributed by atoms with van der Waals surface area (Å²) in [6.07, 6.45) is 1.73. The topological polar surface area (TPSA) is 26.3 Å². The van der Waals surface area contributed by atoms with E-state index in [9.17, 15) is 4.79 Å². The van der Waals surface area contributed by atoms with Gasteiger partial charge in [0, 0.05) is 15.3 Å². The standard InChI is InChI=1S/C16H15Br3Cl2O2/c1-14(2)15(12(18)19)5-6-16(14,11(15)17)13(22)23-10-4-3-8(20)7-9(10)21/h3-4,7,11-12H,5-6H2,1-2H3. The Hall–Kier alpha value is 0.710. The molecule has 3 aliphatic rings. The highest BCUT2D eigenvalue weighted by atomic mass is 79.9. The molecule has 2 bridgehead atoms. The third-order valence-corrected chi connectivity index (χ3v) is 9.71. The minimum absolute atomic E-state index is 0.0319. The quantitative estimate of drug-likeness (QED) is 0.242. The minimum Gasteiger partial charge on any atom is -0.424 e. The molecule has 3 saturated carbocycles. The number of esters is 1. The number of benzene rings is 1. The number of rotatable bonds is 3. The van der Waals surface area contributed by atoms with Crippen LogP contribution in [0, 0.1) is 16.2 Å². The molecule has 0 amide bonds.